The van der Waals surface area contributed by atoms with Crippen LogP contribution in [0, 0.1) is 5.92 Å². The molecule has 3 rings (SSSR count). The third kappa shape index (κ3) is 3.00. The Morgan fingerprint density at radius 2 is 2.29 bits per heavy atom. The van der Waals surface area contributed by atoms with Gasteiger partial charge in [0.05, 0.1) is 6.04 Å². The lowest BCUT2D eigenvalue weighted by Crippen LogP contribution is -2.36. The first kappa shape index (κ1) is 15.0. The van der Waals surface area contributed by atoms with E-state index in [0.29, 0.717) is 12.0 Å². The average molecular weight is 307 g/mol. The van der Waals surface area contributed by atoms with Crippen LogP contribution in [0.25, 0.3) is 0 Å². The normalized spacial score (nSPS) is 30.8. The Labute approximate surface area is 131 Å². The number of carbonyl (C=O) groups is 1. The molecular weight excluding hydrogens is 282 g/mol. The summed E-state index contributed by atoms with van der Waals surface area (Å²) in [7, 11) is 0. The van der Waals surface area contributed by atoms with Gasteiger partial charge in [-0.05, 0) is 51.1 Å². The first-order valence-corrected chi connectivity index (χ1v) is 8.78. The topological polar surface area (TPSA) is 35.6 Å². The third-order valence-electron chi connectivity index (χ3n) is 4.69. The molecule has 5 heteroatoms. The van der Waals surface area contributed by atoms with Gasteiger partial charge in [-0.25, -0.2) is 0 Å². The lowest BCUT2D eigenvalue weighted by molar-refractivity contribution is -0.130. The molecule has 2 fully saturated rings. The molecule has 0 aliphatic carbocycles. The van der Waals surface area contributed by atoms with Gasteiger partial charge < -0.3 is 9.80 Å². The molecular formula is C16H25N3OS. The summed E-state index contributed by atoms with van der Waals surface area (Å²) in [6.45, 7) is 9.63. The van der Waals surface area contributed by atoms with Crippen LogP contribution in [0.15, 0.2) is 17.5 Å². The van der Waals surface area contributed by atoms with E-state index in [9.17, 15) is 4.79 Å². The monoisotopic (exact) mass is 307 g/mol. The zero-order chi connectivity index (χ0) is 15.0. The second kappa shape index (κ2) is 6.07. The smallest absolute Gasteiger partial charge is 0.241 e. The van der Waals surface area contributed by atoms with Gasteiger partial charge in [-0.2, -0.15) is 0 Å². The highest BCUT2D eigenvalue weighted by molar-refractivity contribution is 7.10. The average Bonchev–Trinajstić information content (AvgIpc) is 3.16. The maximum absolute atomic E-state index is 12.5. The highest BCUT2D eigenvalue weighted by Crippen LogP contribution is 2.31. The highest BCUT2D eigenvalue weighted by atomic mass is 32.1. The molecule has 3 atom stereocenters. The molecule has 2 saturated heterocycles. The number of nitrogens with zero attached hydrogens (tertiary/aromatic N) is 2. The van der Waals surface area contributed by atoms with Crippen molar-refractivity contribution in [2.75, 3.05) is 19.6 Å². The molecule has 0 aromatic carbocycles. The maximum Gasteiger partial charge on any atom is 0.241 e. The molecule has 0 radical (unpaired) electrons. The molecule has 21 heavy (non-hydrogen) atoms. The number of rotatable bonds is 4. The van der Waals surface area contributed by atoms with Gasteiger partial charge in [0, 0.05) is 24.0 Å². The van der Waals surface area contributed by atoms with E-state index in [1.165, 1.54) is 11.3 Å². The minimum atomic E-state index is -0.0697. The molecule has 4 nitrogen and oxygen atoms in total. The lowest BCUT2D eigenvalue weighted by Gasteiger charge is -2.27. The Hall–Kier alpha value is -0.910. The summed E-state index contributed by atoms with van der Waals surface area (Å²) in [5.41, 5.74) is 0. The number of likely N-dealkylation sites (tertiary alicyclic amines) is 1. The summed E-state index contributed by atoms with van der Waals surface area (Å²) >= 11 is 1.72. The van der Waals surface area contributed by atoms with Crippen LogP contribution in [0.1, 0.15) is 38.2 Å². The number of amides is 1. The van der Waals surface area contributed by atoms with Crippen molar-refractivity contribution in [2.24, 2.45) is 5.92 Å². The van der Waals surface area contributed by atoms with Gasteiger partial charge in [-0.15, -0.1) is 11.3 Å². The quantitative estimate of drug-likeness (QED) is 0.927. The van der Waals surface area contributed by atoms with E-state index in [2.05, 4.69) is 46.5 Å². The van der Waals surface area contributed by atoms with E-state index >= 15 is 0 Å². The summed E-state index contributed by atoms with van der Waals surface area (Å²) in [5.74, 6) is 0.849. The molecule has 1 aromatic heterocycles. The second-order valence-electron chi connectivity index (χ2n) is 6.54. The number of thiophene rings is 1. The third-order valence-corrected chi connectivity index (χ3v) is 5.61. The SMILES string of the molecule is CC1NC(c2cccs2)N(CC2CCN(C(C)C)C2)C1=O. The fourth-order valence-corrected chi connectivity index (χ4v) is 4.21. The van der Waals surface area contributed by atoms with Gasteiger partial charge in [0.15, 0.2) is 0 Å². The molecule has 1 aromatic rings. The largest absolute Gasteiger partial charge is 0.320 e. The number of hydrogen-bond acceptors (Lipinski definition) is 4. The van der Waals surface area contributed by atoms with E-state index in [1.807, 2.05) is 6.92 Å². The maximum atomic E-state index is 12.5. The van der Waals surface area contributed by atoms with Gasteiger partial charge in [0.2, 0.25) is 5.91 Å². The van der Waals surface area contributed by atoms with Crippen molar-refractivity contribution in [3.05, 3.63) is 22.4 Å². The summed E-state index contributed by atoms with van der Waals surface area (Å²) in [5, 5.41) is 5.52. The molecule has 1 N–H and O–H groups in total. The van der Waals surface area contributed by atoms with Gasteiger partial charge in [0.1, 0.15) is 6.17 Å². The molecule has 3 heterocycles. The summed E-state index contributed by atoms with van der Waals surface area (Å²) < 4.78 is 0. The predicted molar refractivity (Wildman–Crippen MR) is 86.2 cm³/mol. The summed E-state index contributed by atoms with van der Waals surface area (Å²) in [6, 6.07) is 4.72. The van der Waals surface area contributed by atoms with Crippen molar-refractivity contribution in [1.29, 1.82) is 0 Å². The Morgan fingerprint density at radius 1 is 1.48 bits per heavy atom. The van der Waals surface area contributed by atoms with Crippen molar-refractivity contribution in [3.8, 4) is 0 Å². The van der Waals surface area contributed by atoms with Crippen molar-refractivity contribution >= 4 is 17.2 Å². The molecule has 116 valence electrons. The number of hydrogen-bond donors (Lipinski definition) is 1. The van der Waals surface area contributed by atoms with Crippen LogP contribution in [0.5, 0.6) is 0 Å². The summed E-state index contributed by atoms with van der Waals surface area (Å²) in [4.78, 5) is 18.3. The Morgan fingerprint density at radius 3 is 2.90 bits per heavy atom. The van der Waals surface area contributed by atoms with Crippen molar-refractivity contribution in [2.45, 2.75) is 45.4 Å². The fourth-order valence-electron chi connectivity index (χ4n) is 3.41. The van der Waals surface area contributed by atoms with Crippen LogP contribution >= 0.6 is 11.3 Å². The molecule has 2 aliphatic heterocycles. The molecule has 0 spiro atoms. The van der Waals surface area contributed by atoms with Crippen LogP contribution in [0.3, 0.4) is 0 Å². The van der Waals surface area contributed by atoms with Crippen molar-refractivity contribution in [3.63, 3.8) is 0 Å². The molecule has 3 unspecified atom stereocenters. The molecule has 1 amide bonds. The lowest BCUT2D eigenvalue weighted by atomic mass is 10.1. The predicted octanol–water partition coefficient (Wildman–Crippen LogP) is 2.30. The van der Waals surface area contributed by atoms with E-state index in [4.69, 9.17) is 0 Å². The standard InChI is InChI=1S/C16H25N3OS/c1-11(2)18-7-6-13(9-18)10-19-15(14-5-4-8-21-14)17-12(3)16(19)20/h4-5,8,11-13,15,17H,6-7,9-10H2,1-3H3. The Kier molecular flexibility index (Phi) is 4.33. The zero-order valence-corrected chi connectivity index (χ0v) is 13.9. The van der Waals surface area contributed by atoms with Crippen molar-refractivity contribution < 1.29 is 4.79 Å². The first-order chi connectivity index (χ1) is 10.1. The molecule has 0 bridgehead atoms. The molecule has 0 saturated carbocycles. The number of nitrogens with one attached hydrogen (secondary N) is 1. The number of carbonyl (C=O) groups excluding carboxylic acids is 1. The minimum absolute atomic E-state index is 0.0697. The fraction of sp³-hybridized carbons (Fsp3) is 0.688. The summed E-state index contributed by atoms with van der Waals surface area (Å²) in [6.07, 6.45) is 1.27. The first-order valence-electron chi connectivity index (χ1n) is 7.90. The van der Waals surface area contributed by atoms with Gasteiger partial charge >= 0.3 is 0 Å². The van der Waals surface area contributed by atoms with Crippen LogP contribution in [-0.2, 0) is 4.79 Å². The van der Waals surface area contributed by atoms with Gasteiger partial charge in [-0.3, -0.25) is 10.1 Å². The van der Waals surface area contributed by atoms with E-state index in [1.54, 1.807) is 11.3 Å². The minimum Gasteiger partial charge on any atom is -0.320 e. The van der Waals surface area contributed by atoms with Gasteiger partial charge in [0.25, 0.3) is 0 Å². The Balaban J connectivity index is 1.69. The van der Waals surface area contributed by atoms with Crippen LogP contribution < -0.4 is 5.32 Å². The Bertz CT molecular complexity index is 488. The molecule has 2 aliphatic rings. The van der Waals surface area contributed by atoms with E-state index in [0.717, 1.165) is 19.6 Å². The second-order valence-corrected chi connectivity index (χ2v) is 7.52. The van der Waals surface area contributed by atoms with E-state index < -0.39 is 0 Å². The van der Waals surface area contributed by atoms with Crippen LogP contribution in [-0.4, -0.2) is 47.4 Å². The highest BCUT2D eigenvalue weighted by Gasteiger charge is 2.39. The van der Waals surface area contributed by atoms with Crippen LogP contribution in [0.4, 0.5) is 0 Å². The van der Waals surface area contributed by atoms with Crippen LogP contribution in [0.2, 0.25) is 0 Å². The van der Waals surface area contributed by atoms with E-state index in [-0.39, 0.29) is 18.1 Å². The van der Waals surface area contributed by atoms with Crippen molar-refractivity contribution in [1.82, 2.24) is 15.1 Å². The van der Waals surface area contributed by atoms with Gasteiger partial charge in [-0.1, -0.05) is 6.07 Å². The zero-order valence-electron chi connectivity index (χ0n) is 13.1.